The molecule has 2 aromatic rings. The van der Waals surface area contributed by atoms with Crippen LogP contribution in [-0.2, 0) is 4.74 Å². The van der Waals surface area contributed by atoms with E-state index in [1.165, 1.54) is 0 Å². The first-order chi connectivity index (χ1) is 9.15. The smallest absolute Gasteiger partial charge is 0.268 e. The maximum atomic E-state index is 12.1. The maximum Gasteiger partial charge on any atom is 0.268 e. The molecule has 3 heterocycles. The number of nitrogens with one attached hydrogen (secondary N) is 2. The SMILES string of the molecule is N[C@H]1COC[C@H]1NC(=O)c1cc2c(Br)ccnc2[nH]1. The monoisotopic (exact) mass is 324 g/mol. The van der Waals surface area contributed by atoms with Gasteiger partial charge in [-0.15, -0.1) is 0 Å². The lowest BCUT2D eigenvalue weighted by Crippen LogP contribution is -2.46. The molecule has 2 atom stereocenters. The number of rotatable bonds is 2. The van der Waals surface area contributed by atoms with Crippen LogP contribution in [0.5, 0.6) is 0 Å². The number of carbonyl (C=O) groups excluding carboxylic acids is 1. The third kappa shape index (κ3) is 2.36. The molecule has 1 aliphatic heterocycles. The zero-order valence-electron chi connectivity index (χ0n) is 10.0. The number of pyridine rings is 1. The largest absolute Gasteiger partial charge is 0.378 e. The molecule has 0 saturated carbocycles. The average molecular weight is 325 g/mol. The maximum absolute atomic E-state index is 12.1. The fourth-order valence-corrected chi connectivity index (χ4v) is 2.50. The van der Waals surface area contributed by atoms with Crippen molar-refractivity contribution in [2.24, 2.45) is 5.73 Å². The lowest BCUT2D eigenvalue weighted by Gasteiger charge is -2.14. The van der Waals surface area contributed by atoms with Crippen molar-refractivity contribution in [2.75, 3.05) is 13.2 Å². The van der Waals surface area contributed by atoms with Crippen LogP contribution in [0.25, 0.3) is 11.0 Å². The Kier molecular flexibility index (Phi) is 3.26. The molecule has 1 saturated heterocycles. The second-order valence-electron chi connectivity index (χ2n) is 4.52. The van der Waals surface area contributed by atoms with Gasteiger partial charge >= 0.3 is 0 Å². The summed E-state index contributed by atoms with van der Waals surface area (Å²) in [4.78, 5) is 19.3. The van der Waals surface area contributed by atoms with Gasteiger partial charge in [-0.05, 0) is 28.1 Å². The minimum absolute atomic E-state index is 0.143. The first-order valence-electron chi connectivity index (χ1n) is 5.92. The number of nitrogens with zero attached hydrogens (tertiary/aromatic N) is 1. The van der Waals surface area contributed by atoms with Gasteiger partial charge in [0.25, 0.3) is 5.91 Å². The van der Waals surface area contributed by atoms with Crippen molar-refractivity contribution in [3.8, 4) is 0 Å². The molecule has 0 spiro atoms. The molecule has 6 nitrogen and oxygen atoms in total. The fourth-order valence-electron chi connectivity index (χ4n) is 2.08. The van der Waals surface area contributed by atoms with E-state index in [2.05, 4.69) is 31.2 Å². The zero-order chi connectivity index (χ0) is 13.4. The molecule has 2 aromatic heterocycles. The lowest BCUT2D eigenvalue weighted by molar-refractivity contribution is 0.0924. The Balaban J connectivity index is 1.83. The molecule has 100 valence electrons. The Bertz CT molecular complexity index is 627. The highest BCUT2D eigenvalue weighted by Gasteiger charge is 2.27. The molecule has 1 aliphatic rings. The Hall–Kier alpha value is -1.44. The number of amides is 1. The first kappa shape index (κ1) is 12.6. The van der Waals surface area contributed by atoms with E-state index in [9.17, 15) is 4.79 Å². The van der Waals surface area contributed by atoms with Crippen LogP contribution in [0.1, 0.15) is 10.5 Å². The molecular weight excluding hydrogens is 312 g/mol. The van der Waals surface area contributed by atoms with E-state index in [4.69, 9.17) is 10.5 Å². The van der Waals surface area contributed by atoms with E-state index < -0.39 is 0 Å². The van der Waals surface area contributed by atoms with Gasteiger partial charge in [-0.3, -0.25) is 4.79 Å². The van der Waals surface area contributed by atoms with E-state index in [-0.39, 0.29) is 18.0 Å². The van der Waals surface area contributed by atoms with Gasteiger partial charge in [0.05, 0.1) is 25.3 Å². The van der Waals surface area contributed by atoms with Crippen LogP contribution in [0.2, 0.25) is 0 Å². The Labute approximate surface area is 117 Å². The number of fused-ring (bicyclic) bond motifs is 1. The molecular formula is C12H13BrN4O2. The Morgan fingerprint density at radius 2 is 2.42 bits per heavy atom. The van der Waals surface area contributed by atoms with Crippen LogP contribution in [-0.4, -0.2) is 41.2 Å². The van der Waals surface area contributed by atoms with Crippen molar-refractivity contribution < 1.29 is 9.53 Å². The van der Waals surface area contributed by atoms with E-state index >= 15 is 0 Å². The van der Waals surface area contributed by atoms with E-state index in [0.717, 1.165) is 9.86 Å². The van der Waals surface area contributed by atoms with Crippen molar-refractivity contribution in [3.05, 3.63) is 28.5 Å². The molecule has 1 amide bonds. The van der Waals surface area contributed by atoms with Gasteiger partial charge in [-0.1, -0.05) is 0 Å². The van der Waals surface area contributed by atoms with Crippen molar-refractivity contribution in [2.45, 2.75) is 12.1 Å². The van der Waals surface area contributed by atoms with Gasteiger partial charge in [-0.2, -0.15) is 0 Å². The van der Waals surface area contributed by atoms with Crippen LogP contribution < -0.4 is 11.1 Å². The number of carbonyl (C=O) groups is 1. The Morgan fingerprint density at radius 3 is 3.11 bits per heavy atom. The summed E-state index contributed by atoms with van der Waals surface area (Å²) in [7, 11) is 0. The minimum atomic E-state index is -0.198. The minimum Gasteiger partial charge on any atom is -0.378 e. The Morgan fingerprint density at radius 1 is 1.58 bits per heavy atom. The number of nitrogens with two attached hydrogens (primary N) is 1. The van der Waals surface area contributed by atoms with Gasteiger partial charge < -0.3 is 20.8 Å². The topological polar surface area (TPSA) is 93.0 Å². The number of H-pyrrole nitrogens is 1. The highest BCUT2D eigenvalue weighted by atomic mass is 79.9. The molecule has 0 aliphatic carbocycles. The van der Waals surface area contributed by atoms with Crippen molar-refractivity contribution in [1.29, 1.82) is 0 Å². The highest BCUT2D eigenvalue weighted by molar-refractivity contribution is 9.10. The third-order valence-electron chi connectivity index (χ3n) is 3.16. The molecule has 0 radical (unpaired) electrons. The van der Waals surface area contributed by atoms with Gasteiger partial charge in [-0.25, -0.2) is 4.98 Å². The molecule has 0 bridgehead atoms. The van der Waals surface area contributed by atoms with Gasteiger partial charge in [0.15, 0.2) is 0 Å². The van der Waals surface area contributed by atoms with Gasteiger partial charge in [0.1, 0.15) is 11.3 Å². The number of hydrogen-bond donors (Lipinski definition) is 3. The van der Waals surface area contributed by atoms with Crippen LogP contribution in [0, 0.1) is 0 Å². The molecule has 1 fully saturated rings. The first-order valence-corrected chi connectivity index (χ1v) is 6.72. The predicted octanol–water partition coefficient (Wildman–Crippen LogP) is 0.781. The summed E-state index contributed by atoms with van der Waals surface area (Å²) < 4.78 is 6.11. The summed E-state index contributed by atoms with van der Waals surface area (Å²) in [5.41, 5.74) is 6.97. The quantitative estimate of drug-likeness (QED) is 0.761. The summed E-state index contributed by atoms with van der Waals surface area (Å²) in [6.45, 7) is 0.930. The number of hydrogen-bond acceptors (Lipinski definition) is 4. The van der Waals surface area contributed by atoms with Crippen molar-refractivity contribution in [1.82, 2.24) is 15.3 Å². The second kappa shape index (κ2) is 4.92. The molecule has 7 heteroatoms. The third-order valence-corrected chi connectivity index (χ3v) is 3.86. The summed E-state index contributed by atoms with van der Waals surface area (Å²) in [5, 5.41) is 3.74. The lowest BCUT2D eigenvalue weighted by atomic mass is 10.2. The number of ether oxygens (including phenoxy) is 1. The fraction of sp³-hybridized carbons (Fsp3) is 0.333. The summed E-state index contributed by atoms with van der Waals surface area (Å²) in [6, 6.07) is 3.30. The molecule has 4 N–H and O–H groups in total. The van der Waals surface area contributed by atoms with Crippen molar-refractivity contribution in [3.63, 3.8) is 0 Å². The predicted molar refractivity (Wildman–Crippen MR) is 73.8 cm³/mol. The molecule has 19 heavy (non-hydrogen) atoms. The number of aromatic nitrogens is 2. The van der Waals surface area contributed by atoms with Gasteiger partial charge in [0, 0.05) is 16.1 Å². The zero-order valence-corrected chi connectivity index (χ0v) is 11.6. The van der Waals surface area contributed by atoms with Crippen LogP contribution in [0.15, 0.2) is 22.8 Å². The number of aromatic amines is 1. The van der Waals surface area contributed by atoms with Crippen LogP contribution >= 0.6 is 15.9 Å². The van der Waals surface area contributed by atoms with E-state index in [1.54, 1.807) is 12.3 Å². The summed E-state index contributed by atoms with van der Waals surface area (Å²) in [5.74, 6) is -0.198. The molecule has 0 aromatic carbocycles. The molecule has 0 unspecified atom stereocenters. The van der Waals surface area contributed by atoms with Crippen LogP contribution in [0.3, 0.4) is 0 Å². The summed E-state index contributed by atoms with van der Waals surface area (Å²) in [6.07, 6.45) is 1.67. The summed E-state index contributed by atoms with van der Waals surface area (Å²) >= 11 is 3.43. The average Bonchev–Trinajstić information content (AvgIpc) is 2.97. The van der Waals surface area contributed by atoms with Crippen LogP contribution in [0.4, 0.5) is 0 Å². The molecule has 3 rings (SSSR count). The standard InChI is InChI=1S/C12H13BrN4O2/c13-7-1-2-15-11-6(7)3-9(16-11)12(18)17-10-5-19-4-8(10)14/h1-3,8,10H,4-5,14H2,(H,15,16)(H,17,18)/t8-,10+/m0/s1. The number of halogens is 1. The normalized spacial score (nSPS) is 22.8. The van der Waals surface area contributed by atoms with E-state index in [0.29, 0.717) is 24.6 Å². The van der Waals surface area contributed by atoms with Gasteiger partial charge in [0.2, 0.25) is 0 Å². The van der Waals surface area contributed by atoms with Crippen molar-refractivity contribution >= 4 is 32.9 Å². The second-order valence-corrected chi connectivity index (χ2v) is 5.37. The highest BCUT2D eigenvalue weighted by Crippen LogP contribution is 2.22. The van der Waals surface area contributed by atoms with E-state index in [1.807, 2.05) is 6.07 Å².